The molecule has 6 rings (SSSR count). The van der Waals surface area contributed by atoms with Crippen LogP contribution in [0.15, 0.2) is 70.2 Å². The molecule has 2 aliphatic rings. The predicted octanol–water partition coefficient (Wildman–Crippen LogP) is 3.19. The second kappa shape index (κ2) is 9.98. The standard InChI is InChI=1S/C27H27N7O3/c1-2-34-17-21(25(32-34)33-12-14-36-15-13-33)26-30-31-27(37-26)29-24-22(35)16-19-10-6-7-11-20(19)23(28-24)18-8-4-3-5-9-18/h3-11,17,24H,2,12-16H2,1H3,(H,29,31)/t24-/m1/s1. The van der Waals surface area contributed by atoms with Crippen molar-refractivity contribution in [2.45, 2.75) is 26.1 Å². The van der Waals surface area contributed by atoms with E-state index in [0.29, 0.717) is 25.6 Å². The van der Waals surface area contributed by atoms with E-state index in [0.717, 1.165) is 46.9 Å². The van der Waals surface area contributed by atoms with E-state index in [-0.39, 0.29) is 18.2 Å². The third kappa shape index (κ3) is 4.63. The first-order valence-electron chi connectivity index (χ1n) is 12.4. The smallest absolute Gasteiger partial charge is 0.317 e. The Balaban J connectivity index is 1.32. The van der Waals surface area contributed by atoms with Gasteiger partial charge in [-0.15, -0.1) is 5.10 Å². The number of benzene rings is 2. The normalized spacial score (nSPS) is 17.8. The summed E-state index contributed by atoms with van der Waals surface area (Å²) in [5, 5.41) is 16.2. The number of fused-ring (bicyclic) bond motifs is 1. The molecule has 188 valence electrons. The number of aromatic nitrogens is 4. The average molecular weight is 498 g/mol. The van der Waals surface area contributed by atoms with Gasteiger partial charge >= 0.3 is 6.01 Å². The van der Waals surface area contributed by atoms with Crippen molar-refractivity contribution < 1.29 is 13.9 Å². The monoisotopic (exact) mass is 497 g/mol. The van der Waals surface area contributed by atoms with Gasteiger partial charge in [0.05, 0.1) is 18.9 Å². The minimum Gasteiger partial charge on any atom is -0.403 e. The highest BCUT2D eigenvalue weighted by molar-refractivity contribution is 6.16. The topological polar surface area (TPSA) is 111 Å². The van der Waals surface area contributed by atoms with Gasteiger partial charge in [-0.05, 0) is 12.5 Å². The van der Waals surface area contributed by atoms with E-state index in [1.54, 1.807) is 0 Å². The Labute approximate surface area is 214 Å². The number of hydrogen-bond acceptors (Lipinski definition) is 9. The lowest BCUT2D eigenvalue weighted by atomic mass is 9.96. The second-order valence-electron chi connectivity index (χ2n) is 8.92. The summed E-state index contributed by atoms with van der Waals surface area (Å²) >= 11 is 0. The maximum atomic E-state index is 13.2. The lowest BCUT2D eigenvalue weighted by molar-refractivity contribution is -0.119. The van der Waals surface area contributed by atoms with E-state index in [2.05, 4.69) is 20.4 Å². The van der Waals surface area contributed by atoms with Gasteiger partial charge in [-0.1, -0.05) is 59.7 Å². The number of carbonyl (C=O) groups excluding carboxylic acids is 1. The molecule has 0 saturated carbocycles. The summed E-state index contributed by atoms with van der Waals surface area (Å²) in [5.74, 6) is 1.04. The Kier molecular flexibility index (Phi) is 6.23. The lowest BCUT2D eigenvalue weighted by Crippen LogP contribution is -2.36. The van der Waals surface area contributed by atoms with Crippen molar-refractivity contribution in [3.63, 3.8) is 0 Å². The molecule has 4 aromatic rings. The van der Waals surface area contributed by atoms with Crippen LogP contribution in [0.25, 0.3) is 11.5 Å². The summed E-state index contributed by atoms with van der Waals surface area (Å²) in [6.45, 7) is 5.50. The van der Waals surface area contributed by atoms with Crippen molar-refractivity contribution in [1.29, 1.82) is 0 Å². The van der Waals surface area contributed by atoms with Crippen molar-refractivity contribution in [1.82, 2.24) is 20.0 Å². The zero-order valence-corrected chi connectivity index (χ0v) is 20.5. The number of hydrogen-bond donors (Lipinski definition) is 1. The number of rotatable bonds is 6. The molecule has 1 fully saturated rings. The number of Topliss-reactive ketones (excluding diaryl/α,β-unsaturated/α-hetero) is 1. The quantitative estimate of drug-likeness (QED) is 0.432. The number of ether oxygens (including phenoxy) is 1. The molecule has 0 amide bonds. The number of morpholine rings is 1. The highest BCUT2D eigenvalue weighted by atomic mass is 16.5. The van der Waals surface area contributed by atoms with Crippen LogP contribution < -0.4 is 10.2 Å². The number of nitrogens with one attached hydrogen (secondary N) is 1. The molecule has 0 aliphatic carbocycles. The van der Waals surface area contributed by atoms with Crippen molar-refractivity contribution in [2.75, 3.05) is 36.5 Å². The maximum Gasteiger partial charge on any atom is 0.317 e. The van der Waals surface area contributed by atoms with Crippen LogP contribution in [0, 0.1) is 0 Å². The minimum absolute atomic E-state index is 0.0778. The Bertz CT molecular complexity index is 1440. The fraction of sp³-hybridized carbons (Fsp3) is 0.296. The molecule has 10 nitrogen and oxygen atoms in total. The molecule has 10 heteroatoms. The predicted molar refractivity (Wildman–Crippen MR) is 139 cm³/mol. The molecule has 0 unspecified atom stereocenters. The highest BCUT2D eigenvalue weighted by Crippen LogP contribution is 2.31. The number of aryl methyl sites for hydroxylation is 1. The fourth-order valence-corrected chi connectivity index (χ4v) is 4.64. The van der Waals surface area contributed by atoms with Gasteiger partial charge < -0.3 is 19.4 Å². The van der Waals surface area contributed by atoms with Gasteiger partial charge in [0.15, 0.2) is 17.8 Å². The SMILES string of the molecule is CCn1cc(-c2nnc(N[C@H]3N=C(c4ccccc4)c4ccccc4CC3=O)o2)c(N2CCOCC2)n1. The van der Waals surface area contributed by atoms with Crippen LogP contribution in [0.2, 0.25) is 0 Å². The first kappa shape index (κ1) is 23.1. The van der Waals surface area contributed by atoms with Gasteiger partial charge in [-0.3, -0.25) is 14.5 Å². The zero-order valence-electron chi connectivity index (χ0n) is 20.5. The fourth-order valence-electron chi connectivity index (χ4n) is 4.64. The molecule has 1 N–H and O–H groups in total. The molecule has 2 aromatic heterocycles. The van der Waals surface area contributed by atoms with Gasteiger partial charge in [0, 0.05) is 43.4 Å². The number of ketones is 1. The van der Waals surface area contributed by atoms with Crippen molar-refractivity contribution in [2.24, 2.45) is 4.99 Å². The number of anilines is 2. The first-order valence-corrected chi connectivity index (χ1v) is 12.4. The third-order valence-electron chi connectivity index (χ3n) is 6.54. The van der Waals surface area contributed by atoms with Gasteiger partial charge in [0.25, 0.3) is 5.89 Å². The summed E-state index contributed by atoms with van der Waals surface area (Å²) in [4.78, 5) is 20.2. The summed E-state index contributed by atoms with van der Waals surface area (Å²) < 4.78 is 13.3. The Morgan fingerprint density at radius 2 is 1.78 bits per heavy atom. The van der Waals surface area contributed by atoms with Crippen LogP contribution in [0.3, 0.4) is 0 Å². The molecule has 2 aliphatic heterocycles. The molecule has 0 spiro atoms. The van der Waals surface area contributed by atoms with Crippen molar-refractivity contribution in [3.05, 3.63) is 77.5 Å². The molecular weight excluding hydrogens is 470 g/mol. The van der Waals surface area contributed by atoms with Crippen LogP contribution in [0.4, 0.5) is 11.8 Å². The molecule has 1 atom stereocenters. The van der Waals surface area contributed by atoms with Crippen LogP contribution in [-0.2, 0) is 22.5 Å². The summed E-state index contributed by atoms with van der Waals surface area (Å²) in [6, 6.07) is 17.9. The Morgan fingerprint density at radius 3 is 2.59 bits per heavy atom. The van der Waals surface area contributed by atoms with E-state index in [1.807, 2.05) is 72.4 Å². The van der Waals surface area contributed by atoms with Crippen LogP contribution in [-0.4, -0.2) is 63.9 Å². The molecule has 0 bridgehead atoms. The second-order valence-corrected chi connectivity index (χ2v) is 8.92. The van der Waals surface area contributed by atoms with E-state index in [4.69, 9.17) is 19.2 Å². The molecule has 2 aromatic carbocycles. The molecular formula is C27H27N7O3. The Morgan fingerprint density at radius 1 is 1.00 bits per heavy atom. The van der Waals surface area contributed by atoms with Gasteiger partial charge in [-0.25, -0.2) is 0 Å². The minimum atomic E-state index is -0.868. The molecule has 1 saturated heterocycles. The van der Waals surface area contributed by atoms with Crippen LogP contribution in [0.5, 0.6) is 0 Å². The summed E-state index contributed by atoms with van der Waals surface area (Å²) in [5.41, 5.74) is 4.31. The Hall–Kier alpha value is -4.31. The average Bonchev–Trinajstić information content (AvgIpc) is 3.56. The van der Waals surface area contributed by atoms with Gasteiger partial charge in [0.1, 0.15) is 5.56 Å². The summed E-state index contributed by atoms with van der Waals surface area (Å²) in [6.07, 6.45) is 1.29. The van der Waals surface area contributed by atoms with Crippen molar-refractivity contribution in [3.8, 4) is 11.5 Å². The lowest BCUT2D eigenvalue weighted by Gasteiger charge is -2.27. The van der Waals surface area contributed by atoms with Crippen molar-refractivity contribution >= 4 is 23.3 Å². The number of nitrogens with zero attached hydrogens (tertiary/aromatic N) is 6. The highest BCUT2D eigenvalue weighted by Gasteiger charge is 2.28. The largest absolute Gasteiger partial charge is 0.403 e. The summed E-state index contributed by atoms with van der Waals surface area (Å²) in [7, 11) is 0. The zero-order chi connectivity index (χ0) is 25.2. The van der Waals surface area contributed by atoms with E-state index < -0.39 is 6.17 Å². The van der Waals surface area contributed by atoms with Gasteiger partial charge in [0.2, 0.25) is 0 Å². The van der Waals surface area contributed by atoms with E-state index in [1.165, 1.54) is 0 Å². The third-order valence-corrected chi connectivity index (χ3v) is 6.54. The van der Waals surface area contributed by atoms with Crippen LogP contribution >= 0.6 is 0 Å². The van der Waals surface area contributed by atoms with Crippen LogP contribution in [0.1, 0.15) is 23.6 Å². The van der Waals surface area contributed by atoms with E-state index in [9.17, 15) is 4.79 Å². The molecule has 37 heavy (non-hydrogen) atoms. The number of aliphatic imine (C=N–C) groups is 1. The molecule has 4 heterocycles. The first-order chi connectivity index (χ1) is 18.2. The maximum absolute atomic E-state index is 13.2. The molecule has 0 radical (unpaired) electrons. The van der Waals surface area contributed by atoms with Gasteiger partial charge in [-0.2, -0.15) is 5.10 Å². The number of carbonyl (C=O) groups is 1. The van der Waals surface area contributed by atoms with E-state index >= 15 is 0 Å².